The summed E-state index contributed by atoms with van der Waals surface area (Å²) in [5.41, 5.74) is 0.925. The Labute approximate surface area is 82.2 Å². The number of hydrogen-bond donors (Lipinski definition) is 1. The maximum Gasteiger partial charge on any atom is 0.257 e. The Morgan fingerprint density at radius 1 is 1.57 bits per heavy atom. The molecule has 0 aliphatic heterocycles. The van der Waals surface area contributed by atoms with Gasteiger partial charge in [-0.3, -0.25) is 4.79 Å². The highest BCUT2D eigenvalue weighted by molar-refractivity contribution is 6.89. The van der Waals surface area contributed by atoms with E-state index in [-0.39, 0.29) is 5.91 Å². The smallest absolute Gasteiger partial charge is 0.257 e. The summed E-state index contributed by atoms with van der Waals surface area (Å²) in [5, 5.41) is 6.30. The highest BCUT2D eigenvalue weighted by Crippen LogP contribution is 2.00. The minimum Gasteiger partial charge on any atom is -0.407 e. The molecule has 3 radical (unpaired) electrons. The quantitative estimate of drug-likeness (QED) is 0.617. The van der Waals surface area contributed by atoms with Crippen LogP contribution < -0.4 is 5.23 Å². The molecular weight excluding hydrogens is 178 g/mol. The van der Waals surface area contributed by atoms with Crippen LogP contribution in [0.5, 0.6) is 0 Å². The van der Waals surface area contributed by atoms with Crippen LogP contribution in [0.4, 0.5) is 0 Å². The van der Waals surface area contributed by atoms with Gasteiger partial charge in [-0.05, 0) is 6.07 Å². The van der Waals surface area contributed by atoms with Gasteiger partial charge in [0.05, 0.1) is 6.20 Å². The molecule has 2 aromatic rings. The third-order valence-electron chi connectivity index (χ3n) is 1.71. The summed E-state index contributed by atoms with van der Waals surface area (Å²) >= 11 is 0. The molecule has 14 heavy (non-hydrogen) atoms. The second-order valence-electron chi connectivity index (χ2n) is 2.59. The van der Waals surface area contributed by atoms with E-state index >= 15 is 0 Å². The van der Waals surface area contributed by atoms with Gasteiger partial charge >= 0.3 is 0 Å². The van der Waals surface area contributed by atoms with Crippen LogP contribution in [-0.4, -0.2) is 35.5 Å². The second-order valence-corrected chi connectivity index (χ2v) is 2.59. The number of fused-ring (bicyclic) bond motifs is 1. The lowest BCUT2D eigenvalue weighted by atomic mass is 9.67. The Morgan fingerprint density at radius 3 is 3.21 bits per heavy atom. The van der Waals surface area contributed by atoms with Gasteiger partial charge in [0.25, 0.3) is 5.91 Å². The molecule has 2 aromatic heterocycles. The Morgan fingerprint density at radius 2 is 2.43 bits per heavy atom. The lowest BCUT2D eigenvalue weighted by Crippen LogP contribution is -2.28. The van der Waals surface area contributed by atoms with Crippen molar-refractivity contribution in [2.45, 2.75) is 0 Å². The first-order chi connectivity index (χ1) is 6.81. The number of carbonyl (C=O) groups is 1. The molecule has 0 spiro atoms. The fourth-order valence-electron chi connectivity index (χ4n) is 1.09. The van der Waals surface area contributed by atoms with Gasteiger partial charge in [0, 0.05) is 20.0 Å². The molecule has 0 unspecified atom stereocenters. The van der Waals surface area contributed by atoms with Gasteiger partial charge in [0.1, 0.15) is 5.69 Å². The van der Waals surface area contributed by atoms with Gasteiger partial charge in [0.15, 0.2) is 13.0 Å². The van der Waals surface area contributed by atoms with E-state index in [1.807, 2.05) is 0 Å². The van der Waals surface area contributed by atoms with Crippen molar-refractivity contribution in [1.82, 2.24) is 19.8 Å². The molecule has 0 fully saturated rings. The van der Waals surface area contributed by atoms with Crippen LogP contribution in [0.3, 0.4) is 0 Å². The Balaban J connectivity index is 2.38. The molecule has 0 bridgehead atoms. The van der Waals surface area contributed by atoms with Crippen LogP contribution in [0.15, 0.2) is 24.5 Å². The predicted octanol–water partition coefficient (Wildman–Crippen LogP) is -0.838. The molecule has 2 heterocycles. The summed E-state index contributed by atoms with van der Waals surface area (Å²) in [5.74, 6) is -0.337. The van der Waals surface area contributed by atoms with E-state index in [0.29, 0.717) is 11.3 Å². The van der Waals surface area contributed by atoms with E-state index in [1.54, 1.807) is 29.0 Å². The fraction of sp³-hybridized carbons (Fsp3) is 0. The minimum atomic E-state index is -0.337. The standard InChI is InChI=1S/C7H5B2N4O/c8-9-12-7(14)5-2-4-13-6(11-5)1-3-10-13/h1-4H,(H,12,14). The first-order valence-corrected chi connectivity index (χ1v) is 3.96. The molecule has 0 atom stereocenters. The molecule has 0 saturated heterocycles. The largest absolute Gasteiger partial charge is 0.407 e. The van der Waals surface area contributed by atoms with E-state index in [0.717, 1.165) is 7.31 Å². The number of nitrogens with zero attached hydrogens (tertiary/aromatic N) is 3. The number of aromatic nitrogens is 3. The normalized spacial score (nSPS) is 10.0. The highest BCUT2D eigenvalue weighted by Gasteiger charge is 2.06. The summed E-state index contributed by atoms with van der Waals surface area (Å²) in [6, 6.07) is 3.28. The van der Waals surface area contributed by atoms with Crippen LogP contribution in [0.2, 0.25) is 0 Å². The van der Waals surface area contributed by atoms with Crippen LogP contribution in [0.25, 0.3) is 5.65 Å². The molecule has 5 nitrogen and oxygen atoms in total. The molecule has 1 amide bonds. The van der Waals surface area contributed by atoms with Crippen molar-refractivity contribution in [3.8, 4) is 0 Å². The second kappa shape index (κ2) is 3.53. The average molecular weight is 183 g/mol. The van der Waals surface area contributed by atoms with E-state index in [4.69, 9.17) is 7.74 Å². The highest BCUT2D eigenvalue weighted by atomic mass is 16.1. The fourth-order valence-corrected chi connectivity index (χ4v) is 1.09. The average Bonchev–Trinajstić information content (AvgIpc) is 2.64. The molecule has 1 N–H and O–H groups in total. The lowest BCUT2D eigenvalue weighted by Gasteiger charge is -2.00. The molecule has 2 rings (SSSR count). The molecule has 0 saturated carbocycles. The molecule has 0 aromatic carbocycles. The number of nitrogens with one attached hydrogen (secondary N) is 1. The van der Waals surface area contributed by atoms with E-state index in [1.165, 1.54) is 0 Å². The molecule has 7 heteroatoms. The van der Waals surface area contributed by atoms with Gasteiger partial charge in [-0.1, -0.05) is 0 Å². The van der Waals surface area contributed by atoms with E-state index in [9.17, 15) is 4.79 Å². The van der Waals surface area contributed by atoms with E-state index < -0.39 is 0 Å². The third kappa shape index (κ3) is 1.48. The number of hydrogen-bond acceptors (Lipinski definition) is 3. The minimum absolute atomic E-state index is 0.305. The Bertz CT molecular complexity index is 469. The van der Waals surface area contributed by atoms with Crippen molar-refractivity contribution in [3.05, 3.63) is 30.2 Å². The zero-order chi connectivity index (χ0) is 9.97. The maximum atomic E-state index is 11.3. The topological polar surface area (TPSA) is 59.3 Å². The Kier molecular flexibility index (Phi) is 2.22. The van der Waals surface area contributed by atoms with Crippen molar-refractivity contribution >= 4 is 26.6 Å². The number of carbonyl (C=O) groups excluding carboxylic acids is 1. The number of rotatable bonds is 2. The van der Waals surface area contributed by atoms with Gasteiger partial charge in [0.2, 0.25) is 0 Å². The Hall–Kier alpha value is -1.78. The van der Waals surface area contributed by atoms with Crippen molar-refractivity contribution in [3.63, 3.8) is 0 Å². The first kappa shape index (κ1) is 8.80. The van der Waals surface area contributed by atoms with Crippen LogP contribution in [-0.2, 0) is 0 Å². The lowest BCUT2D eigenvalue weighted by molar-refractivity contribution is 0.0976. The van der Waals surface area contributed by atoms with Crippen molar-refractivity contribution < 1.29 is 4.79 Å². The summed E-state index contributed by atoms with van der Waals surface area (Å²) < 4.78 is 1.57. The van der Waals surface area contributed by atoms with Crippen molar-refractivity contribution in [2.75, 3.05) is 0 Å². The third-order valence-corrected chi connectivity index (χ3v) is 1.71. The predicted molar refractivity (Wildman–Crippen MR) is 52.0 cm³/mol. The van der Waals surface area contributed by atoms with Gasteiger partial charge in [-0.25, -0.2) is 9.50 Å². The van der Waals surface area contributed by atoms with Crippen LogP contribution in [0.1, 0.15) is 10.5 Å². The maximum absolute atomic E-state index is 11.3. The van der Waals surface area contributed by atoms with Crippen molar-refractivity contribution in [2.24, 2.45) is 0 Å². The molecule has 0 aliphatic carbocycles. The first-order valence-electron chi connectivity index (χ1n) is 3.96. The summed E-state index contributed by atoms with van der Waals surface area (Å²) in [7, 11) is 6.13. The zero-order valence-electron chi connectivity index (χ0n) is 7.21. The molecular formula is C7H5B2N4O. The van der Waals surface area contributed by atoms with Gasteiger partial charge in [-0.2, -0.15) is 5.10 Å². The number of amides is 1. The van der Waals surface area contributed by atoms with Gasteiger partial charge in [-0.15, -0.1) is 0 Å². The molecule has 65 valence electrons. The SMILES string of the molecule is [B][B]NC(=O)c1ccn2nccc2n1. The summed E-state index contributed by atoms with van der Waals surface area (Å²) in [6.07, 6.45) is 3.27. The van der Waals surface area contributed by atoms with Gasteiger partial charge < -0.3 is 5.23 Å². The monoisotopic (exact) mass is 183 g/mol. The zero-order valence-corrected chi connectivity index (χ0v) is 7.21. The summed E-state index contributed by atoms with van der Waals surface area (Å²) in [4.78, 5) is 15.4. The van der Waals surface area contributed by atoms with E-state index in [2.05, 4.69) is 15.3 Å². The molecule has 0 aliphatic rings. The van der Waals surface area contributed by atoms with Crippen LogP contribution in [0, 0.1) is 0 Å². The van der Waals surface area contributed by atoms with Crippen molar-refractivity contribution in [1.29, 1.82) is 0 Å². The summed E-state index contributed by atoms with van der Waals surface area (Å²) in [6.45, 7) is 0. The van der Waals surface area contributed by atoms with Crippen LogP contribution >= 0.6 is 0 Å².